The molecule has 0 fully saturated rings. The van der Waals surface area contributed by atoms with Crippen LogP contribution in [0, 0.1) is 5.92 Å². The van der Waals surface area contributed by atoms with Crippen LogP contribution >= 0.6 is 11.3 Å². The second kappa shape index (κ2) is 4.83. The Labute approximate surface area is 104 Å². The van der Waals surface area contributed by atoms with E-state index in [0.29, 0.717) is 16.6 Å². The molecule has 5 nitrogen and oxygen atoms in total. The minimum Gasteiger partial charge on any atom is -0.351 e. The lowest BCUT2D eigenvalue weighted by Crippen LogP contribution is -2.21. The molecule has 1 aromatic rings. The van der Waals surface area contributed by atoms with Crippen molar-refractivity contribution in [1.82, 2.24) is 10.3 Å². The number of amides is 2. The van der Waals surface area contributed by atoms with E-state index in [2.05, 4.69) is 15.6 Å². The van der Waals surface area contributed by atoms with E-state index in [1.807, 2.05) is 13.8 Å². The van der Waals surface area contributed by atoms with E-state index in [-0.39, 0.29) is 17.7 Å². The zero-order valence-corrected chi connectivity index (χ0v) is 10.7. The molecule has 17 heavy (non-hydrogen) atoms. The smallest absolute Gasteiger partial charge is 0.263 e. The summed E-state index contributed by atoms with van der Waals surface area (Å²) in [5.74, 6) is -0.248. The first-order valence-corrected chi connectivity index (χ1v) is 6.48. The third-order valence-corrected chi connectivity index (χ3v) is 3.55. The first-order chi connectivity index (χ1) is 8.08. The van der Waals surface area contributed by atoms with Gasteiger partial charge in [-0.15, -0.1) is 0 Å². The lowest BCUT2D eigenvalue weighted by molar-refractivity contribution is -0.118. The fraction of sp³-hybridized carbons (Fsp3) is 0.545. The van der Waals surface area contributed by atoms with Gasteiger partial charge in [0, 0.05) is 12.5 Å². The molecule has 6 heteroatoms. The number of carbonyl (C=O) groups is 2. The van der Waals surface area contributed by atoms with Crippen LogP contribution in [-0.2, 0) is 11.2 Å². The first-order valence-electron chi connectivity index (χ1n) is 5.66. The Morgan fingerprint density at radius 2 is 2.29 bits per heavy atom. The van der Waals surface area contributed by atoms with Crippen LogP contribution in [0.1, 0.15) is 35.6 Å². The molecule has 1 aliphatic heterocycles. The maximum Gasteiger partial charge on any atom is 0.263 e. The maximum absolute atomic E-state index is 11.7. The molecule has 0 aromatic carbocycles. The number of nitrogens with zero attached hydrogens (tertiary/aromatic N) is 1. The van der Waals surface area contributed by atoms with Gasteiger partial charge >= 0.3 is 0 Å². The Hall–Kier alpha value is -1.43. The molecule has 2 amide bonds. The largest absolute Gasteiger partial charge is 0.351 e. The predicted molar refractivity (Wildman–Crippen MR) is 66.2 cm³/mol. The Kier molecular flexibility index (Phi) is 3.42. The van der Waals surface area contributed by atoms with Crippen LogP contribution in [0.15, 0.2) is 0 Å². The highest BCUT2D eigenvalue weighted by atomic mass is 32.1. The number of thiazole rings is 1. The molecule has 92 valence electrons. The van der Waals surface area contributed by atoms with Crippen LogP contribution in [0.4, 0.5) is 5.13 Å². The van der Waals surface area contributed by atoms with E-state index < -0.39 is 0 Å². The summed E-state index contributed by atoms with van der Waals surface area (Å²) in [4.78, 5) is 28.2. The summed E-state index contributed by atoms with van der Waals surface area (Å²) >= 11 is 1.25. The zero-order valence-electron chi connectivity index (χ0n) is 9.87. The SMILES string of the molecule is CC(C)C(=O)Nc1nc2c(s1)C(=O)NCCC2. The molecule has 0 radical (unpaired) electrons. The zero-order chi connectivity index (χ0) is 12.4. The molecule has 0 saturated carbocycles. The van der Waals surface area contributed by atoms with Crippen molar-refractivity contribution in [3.05, 3.63) is 10.6 Å². The maximum atomic E-state index is 11.7. The number of hydrogen-bond donors (Lipinski definition) is 2. The molecule has 1 aromatic heterocycles. The van der Waals surface area contributed by atoms with Crippen molar-refractivity contribution in [3.63, 3.8) is 0 Å². The van der Waals surface area contributed by atoms with Crippen molar-refractivity contribution < 1.29 is 9.59 Å². The summed E-state index contributed by atoms with van der Waals surface area (Å²) in [6.07, 6.45) is 1.67. The molecule has 0 atom stereocenters. The predicted octanol–water partition coefficient (Wildman–Crippen LogP) is 1.41. The lowest BCUT2D eigenvalue weighted by atomic mass is 10.2. The molecule has 1 aliphatic rings. The molecule has 2 rings (SSSR count). The van der Waals surface area contributed by atoms with Gasteiger partial charge in [-0.1, -0.05) is 25.2 Å². The quantitative estimate of drug-likeness (QED) is 0.837. The van der Waals surface area contributed by atoms with Crippen molar-refractivity contribution >= 4 is 28.3 Å². The van der Waals surface area contributed by atoms with E-state index in [0.717, 1.165) is 18.5 Å². The molecule has 0 unspecified atom stereocenters. The number of rotatable bonds is 2. The van der Waals surface area contributed by atoms with Gasteiger partial charge in [0.05, 0.1) is 5.69 Å². The number of nitrogens with one attached hydrogen (secondary N) is 2. The van der Waals surface area contributed by atoms with E-state index >= 15 is 0 Å². The third-order valence-electron chi connectivity index (χ3n) is 2.53. The topological polar surface area (TPSA) is 71.1 Å². The van der Waals surface area contributed by atoms with Gasteiger partial charge in [0.1, 0.15) is 4.88 Å². The van der Waals surface area contributed by atoms with E-state index in [1.54, 1.807) is 0 Å². The fourth-order valence-corrected chi connectivity index (χ4v) is 2.47. The van der Waals surface area contributed by atoms with Gasteiger partial charge in [0.25, 0.3) is 5.91 Å². The second-order valence-electron chi connectivity index (χ2n) is 4.30. The number of carbonyl (C=O) groups excluding carboxylic acids is 2. The van der Waals surface area contributed by atoms with Crippen LogP contribution in [0.25, 0.3) is 0 Å². The van der Waals surface area contributed by atoms with Crippen molar-refractivity contribution in [2.24, 2.45) is 5.92 Å². The first kappa shape index (κ1) is 12.0. The highest BCUT2D eigenvalue weighted by Gasteiger charge is 2.21. The Bertz CT molecular complexity index is 454. The van der Waals surface area contributed by atoms with Gasteiger partial charge in [0.2, 0.25) is 5.91 Å². The van der Waals surface area contributed by atoms with Crippen LogP contribution in [-0.4, -0.2) is 23.3 Å². The monoisotopic (exact) mass is 253 g/mol. The normalized spacial score (nSPS) is 15.1. The van der Waals surface area contributed by atoms with Gasteiger partial charge in [-0.25, -0.2) is 4.98 Å². The molecule has 0 aliphatic carbocycles. The number of anilines is 1. The van der Waals surface area contributed by atoms with E-state index in [9.17, 15) is 9.59 Å². The molecule has 0 saturated heterocycles. The fourth-order valence-electron chi connectivity index (χ4n) is 1.54. The standard InChI is InChI=1S/C11H15N3O2S/c1-6(2)9(15)14-11-13-7-4-3-5-12-10(16)8(7)17-11/h6H,3-5H2,1-2H3,(H,12,16)(H,13,14,15). The summed E-state index contributed by atoms with van der Waals surface area (Å²) in [6, 6.07) is 0. The van der Waals surface area contributed by atoms with Gasteiger partial charge in [-0.05, 0) is 12.8 Å². The second-order valence-corrected chi connectivity index (χ2v) is 5.30. The third kappa shape index (κ3) is 2.63. The van der Waals surface area contributed by atoms with Crippen molar-refractivity contribution in [3.8, 4) is 0 Å². The summed E-state index contributed by atoms with van der Waals surface area (Å²) in [5.41, 5.74) is 0.795. The summed E-state index contributed by atoms with van der Waals surface area (Å²) in [7, 11) is 0. The van der Waals surface area contributed by atoms with Crippen LogP contribution < -0.4 is 10.6 Å². The molecule has 0 spiro atoms. The van der Waals surface area contributed by atoms with E-state index in [4.69, 9.17) is 0 Å². The average Bonchev–Trinajstić information content (AvgIpc) is 2.59. The highest BCUT2D eigenvalue weighted by Crippen LogP contribution is 2.25. The van der Waals surface area contributed by atoms with Gasteiger partial charge in [-0.3, -0.25) is 9.59 Å². The minimum absolute atomic E-state index is 0.0747. The molecular weight excluding hydrogens is 238 g/mol. The van der Waals surface area contributed by atoms with Crippen molar-refractivity contribution in [2.45, 2.75) is 26.7 Å². The van der Waals surface area contributed by atoms with E-state index in [1.165, 1.54) is 11.3 Å². The number of hydrogen-bond acceptors (Lipinski definition) is 4. The lowest BCUT2D eigenvalue weighted by Gasteiger charge is -2.03. The van der Waals surface area contributed by atoms with Gasteiger partial charge < -0.3 is 10.6 Å². The summed E-state index contributed by atoms with van der Waals surface area (Å²) < 4.78 is 0. The average molecular weight is 253 g/mol. The van der Waals surface area contributed by atoms with Crippen molar-refractivity contribution in [1.29, 1.82) is 0 Å². The summed E-state index contributed by atoms with van der Waals surface area (Å²) in [6.45, 7) is 4.33. The van der Waals surface area contributed by atoms with Crippen LogP contribution in [0.2, 0.25) is 0 Å². The Balaban J connectivity index is 2.19. The van der Waals surface area contributed by atoms with Gasteiger partial charge in [-0.2, -0.15) is 0 Å². The highest BCUT2D eigenvalue weighted by molar-refractivity contribution is 7.17. The molecule has 2 N–H and O–H groups in total. The molecule has 0 bridgehead atoms. The molecule has 2 heterocycles. The van der Waals surface area contributed by atoms with Gasteiger partial charge in [0.15, 0.2) is 5.13 Å². The number of aryl methyl sites for hydroxylation is 1. The van der Waals surface area contributed by atoms with Crippen molar-refractivity contribution in [2.75, 3.05) is 11.9 Å². The number of aromatic nitrogens is 1. The minimum atomic E-state index is -0.0902. The Morgan fingerprint density at radius 1 is 1.53 bits per heavy atom. The number of fused-ring (bicyclic) bond motifs is 1. The molecular formula is C11H15N3O2S. The van der Waals surface area contributed by atoms with Crippen LogP contribution in [0.3, 0.4) is 0 Å². The van der Waals surface area contributed by atoms with Crippen LogP contribution in [0.5, 0.6) is 0 Å². The Morgan fingerprint density at radius 3 is 3.00 bits per heavy atom. The summed E-state index contributed by atoms with van der Waals surface area (Å²) in [5, 5.41) is 6.06.